The Morgan fingerprint density at radius 3 is 2.68 bits per heavy atom. The zero-order chi connectivity index (χ0) is 14.6. The number of hydrogen-bond donors (Lipinski definition) is 1. The Labute approximate surface area is 119 Å². The van der Waals surface area contributed by atoms with Gasteiger partial charge in [-0.25, -0.2) is 12.7 Å². The van der Waals surface area contributed by atoms with Gasteiger partial charge in [-0.3, -0.25) is 4.79 Å². The van der Waals surface area contributed by atoms with Crippen LogP contribution in [0.3, 0.4) is 0 Å². The van der Waals surface area contributed by atoms with Crippen LogP contribution in [0.1, 0.15) is 26.2 Å². The molecule has 0 aromatic rings. The second-order valence-corrected chi connectivity index (χ2v) is 7.15. The first kappa shape index (κ1) is 16.3. The highest BCUT2D eigenvalue weighted by molar-refractivity contribution is 7.92. The van der Waals surface area contributed by atoms with Gasteiger partial charge in [0, 0.05) is 13.1 Å². The van der Waals surface area contributed by atoms with Crippen molar-refractivity contribution < 1.29 is 17.9 Å². The average Bonchev–Trinajstić information content (AvgIpc) is 2.38. The standard InChI is InChI=1S/C11H20N2O4S2/c1-3-9(10(12)18)19(15,16)13-6-4-5-8(7-13)11(14)17-2/h8-9H,3-7H2,1-2H3,(H2,12,18). The molecule has 0 aromatic heterocycles. The number of ether oxygens (including phenoxy) is 1. The molecule has 0 amide bonds. The van der Waals surface area contributed by atoms with Crippen molar-refractivity contribution in [1.82, 2.24) is 4.31 Å². The van der Waals surface area contributed by atoms with Crippen molar-refractivity contribution in [3.05, 3.63) is 0 Å². The molecule has 1 fully saturated rings. The van der Waals surface area contributed by atoms with Gasteiger partial charge >= 0.3 is 5.97 Å². The third-order valence-corrected chi connectivity index (χ3v) is 6.12. The molecule has 2 N–H and O–H groups in total. The van der Waals surface area contributed by atoms with Crippen molar-refractivity contribution in [3.8, 4) is 0 Å². The van der Waals surface area contributed by atoms with Crippen molar-refractivity contribution in [2.24, 2.45) is 11.7 Å². The maximum absolute atomic E-state index is 12.4. The summed E-state index contributed by atoms with van der Waals surface area (Å²) in [7, 11) is -2.28. The van der Waals surface area contributed by atoms with Gasteiger partial charge in [0.1, 0.15) is 5.25 Å². The molecular formula is C11H20N2O4S2. The number of carbonyl (C=O) groups is 1. The number of thiocarbonyl (C=S) groups is 1. The highest BCUT2D eigenvalue weighted by Crippen LogP contribution is 2.23. The van der Waals surface area contributed by atoms with Crippen LogP contribution in [0.5, 0.6) is 0 Å². The van der Waals surface area contributed by atoms with Crippen LogP contribution in [0, 0.1) is 5.92 Å². The Morgan fingerprint density at radius 2 is 2.21 bits per heavy atom. The summed E-state index contributed by atoms with van der Waals surface area (Å²) in [6.07, 6.45) is 1.60. The van der Waals surface area contributed by atoms with E-state index in [0.717, 1.165) is 0 Å². The fraction of sp³-hybridized carbons (Fsp3) is 0.818. The number of piperidine rings is 1. The molecule has 0 bridgehead atoms. The minimum atomic E-state index is -3.59. The number of hydrogen-bond acceptors (Lipinski definition) is 5. The van der Waals surface area contributed by atoms with Crippen molar-refractivity contribution in [3.63, 3.8) is 0 Å². The lowest BCUT2D eigenvalue weighted by atomic mass is 10.0. The third kappa shape index (κ3) is 3.64. The number of rotatable bonds is 5. The van der Waals surface area contributed by atoms with Crippen LogP contribution in [0.4, 0.5) is 0 Å². The van der Waals surface area contributed by atoms with Crippen LogP contribution in [-0.4, -0.2) is 49.1 Å². The van der Waals surface area contributed by atoms with E-state index in [1.54, 1.807) is 6.92 Å². The van der Waals surface area contributed by atoms with Gasteiger partial charge in [-0.15, -0.1) is 0 Å². The fourth-order valence-electron chi connectivity index (χ4n) is 2.27. The molecule has 8 heteroatoms. The van der Waals surface area contributed by atoms with Gasteiger partial charge in [0.15, 0.2) is 0 Å². The quantitative estimate of drug-likeness (QED) is 0.579. The zero-order valence-corrected chi connectivity index (χ0v) is 12.8. The minimum Gasteiger partial charge on any atom is -0.469 e. The first-order valence-electron chi connectivity index (χ1n) is 6.20. The Balaban J connectivity index is 2.89. The van der Waals surface area contributed by atoms with E-state index in [2.05, 4.69) is 4.74 Å². The van der Waals surface area contributed by atoms with Crippen LogP contribution in [0.25, 0.3) is 0 Å². The van der Waals surface area contributed by atoms with E-state index in [1.807, 2.05) is 0 Å². The van der Waals surface area contributed by atoms with E-state index >= 15 is 0 Å². The maximum Gasteiger partial charge on any atom is 0.309 e. The molecule has 1 heterocycles. The normalized spacial score (nSPS) is 22.7. The summed E-state index contributed by atoms with van der Waals surface area (Å²) in [5.74, 6) is -0.777. The maximum atomic E-state index is 12.4. The smallest absolute Gasteiger partial charge is 0.309 e. The predicted molar refractivity (Wildman–Crippen MR) is 76.1 cm³/mol. The molecule has 6 nitrogen and oxygen atoms in total. The number of sulfonamides is 1. The molecule has 19 heavy (non-hydrogen) atoms. The monoisotopic (exact) mass is 308 g/mol. The van der Waals surface area contributed by atoms with Gasteiger partial charge in [-0.1, -0.05) is 19.1 Å². The summed E-state index contributed by atoms with van der Waals surface area (Å²) in [5, 5.41) is -0.862. The SMILES string of the molecule is CCC(C(N)=S)S(=O)(=O)N1CCCC(C(=O)OC)C1. The largest absolute Gasteiger partial charge is 0.469 e. The lowest BCUT2D eigenvalue weighted by Crippen LogP contribution is -2.49. The van der Waals surface area contributed by atoms with E-state index < -0.39 is 21.2 Å². The Bertz CT molecular complexity index is 450. The van der Waals surface area contributed by atoms with Crippen LogP contribution in [-0.2, 0) is 19.6 Å². The molecule has 2 unspecified atom stereocenters. The lowest BCUT2D eigenvalue weighted by molar-refractivity contribution is -0.146. The van der Waals surface area contributed by atoms with Gasteiger partial charge < -0.3 is 10.5 Å². The summed E-state index contributed by atoms with van der Waals surface area (Å²) in [4.78, 5) is 11.5. The second kappa shape index (κ2) is 6.62. The predicted octanol–water partition coefficient (Wildman–Crippen LogP) is 0.266. The Hall–Kier alpha value is -0.730. The number of methoxy groups -OCH3 is 1. The fourth-order valence-corrected chi connectivity index (χ4v) is 4.65. The Kier molecular flexibility index (Phi) is 5.69. The molecule has 1 aliphatic rings. The van der Waals surface area contributed by atoms with E-state index in [1.165, 1.54) is 11.4 Å². The highest BCUT2D eigenvalue weighted by Gasteiger charge is 2.37. The first-order valence-corrected chi connectivity index (χ1v) is 8.11. The van der Waals surface area contributed by atoms with Crippen molar-refractivity contribution in [2.75, 3.05) is 20.2 Å². The third-order valence-electron chi connectivity index (χ3n) is 3.33. The number of nitrogens with two attached hydrogens (primary N) is 1. The minimum absolute atomic E-state index is 0.0253. The Morgan fingerprint density at radius 1 is 1.58 bits per heavy atom. The highest BCUT2D eigenvalue weighted by atomic mass is 32.2. The number of esters is 1. The number of nitrogens with zero attached hydrogens (tertiary/aromatic N) is 1. The van der Waals surface area contributed by atoms with E-state index in [-0.39, 0.29) is 17.5 Å². The molecule has 0 aliphatic carbocycles. The van der Waals surface area contributed by atoms with Crippen LogP contribution in [0.2, 0.25) is 0 Å². The van der Waals surface area contributed by atoms with E-state index in [9.17, 15) is 13.2 Å². The van der Waals surface area contributed by atoms with Crippen LogP contribution >= 0.6 is 12.2 Å². The molecule has 1 saturated heterocycles. The summed E-state index contributed by atoms with van der Waals surface area (Å²) < 4.78 is 30.8. The number of carbonyl (C=O) groups excluding carboxylic acids is 1. The van der Waals surface area contributed by atoms with Crippen molar-refractivity contribution in [1.29, 1.82) is 0 Å². The van der Waals surface area contributed by atoms with E-state index in [0.29, 0.717) is 25.8 Å². The van der Waals surface area contributed by atoms with Gasteiger partial charge in [-0.2, -0.15) is 0 Å². The average molecular weight is 308 g/mol. The topological polar surface area (TPSA) is 89.7 Å². The lowest BCUT2D eigenvalue weighted by Gasteiger charge is -2.32. The summed E-state index contributed by atoms with van der Waals surface area (Å²) in [5.41, 5.74) is 5.49. The molecule has 2 atom stereocenters. The first-order chi connectivity index (χ1) is 8.84. The van der Waals surface area contributed by atoms with Crippen molar-refractivity contribution >= 4 is 33.2 Å². The molecule has 1 aliphatic heterocycles. The van der Waals surface area contributed by atoms with Gasteiger partial charge in [-0.05, 0) is 19.3 Å². The molecule has 0 saturated carbocycles. The van der Waals surface area contributed by atoms with Gasteiger partial charge in [0.25, 0.3) is 0 Å². The molecule has 0 radical (unpaired) electrons. The van der Waals surface area contributed by atoms with Gasteiger partial charge in [0.2, 0.25) is 10.0 Å². The summed E-state index contributed by atoms with van der Waals surface area (Å²) in [6, 6.07) is 0. The molecule has 1 rings (SSSR count). The summed E-state index contributed by atoms with van der Waals surface area (Å²) in [6.45, 7) is 2.27. The van der Waals surface area contributed by atoms with Crippen LogP contribution in [0.15, 0.2) is 0 Å². The molecular weight excluding hydrogens is 288 g/mol. The molecule has 110 valence electrons. The second-order valence-electron chi connectivity index (χ2n) is 4.56. The van der Waals surface area contributed by atoms with E-state index in [4.69, 9.17) is 18.0 Å². The zero-order valence-electron chi connectivity index (χ0n) is 11.2. The molecule has 0 aromatic carbocycles. The van der Waals surface area contributed by atoms with Gasteiger partial charge in [0.05, 0.1) is 18.0 Å². The van der Waals surface area contributed by atoms with Crippen molar-refractivity contribution in [2.45, 2.75) is 31.4 Å². The summed E-state index contributed by atoms with van der Waals surface area (Å²) >= 11 is 4.82. The molecule has 0 spiro atoms. The van der Waals surface area contributed by atoms with Crippen LogP contribution < -0.4 is 5.73 Å².